The molecular weight excluding hydrogens is 756 g/mol. The summed E-state index contributed by atoms with van der Waals surface area (Å²) in [6.45, 7) is 6.67. The van der Waals surface area contributed by atoms with E-state index in [0.717, 1.165) is 39.4 Å². The predicted molar refractivity (Wildman–Crippen MR) is 257 cm³/mol. The van der Waals surface area contributed by atoms with Gasteiger partial charge in [0, 0.05) is 33.5 Å². The molecule has 0 atom stereocenters. The summed E-state index contributed by atoms with van der Waals surface area (Å²) in [6, 6.07) is 77.8. The second-order valence-corrected chi connectivity index (χ2v) is 17.5. The average molecular weight is 801 g/mol. The highest BCUT2D eigenvalue weighted by Crippen LogP contribution is 2.56. The van der Waals surface area contributed by atoms with Crippen LogP contribution in [-0.2, 0) is 10.8 Å². The van der Waals surface area contributed by atoms with Crippen LogP contribution in [0.4, 0.5) is 21.5 Å². The molecule has 0 saturated heterocycles. The number of hydrogen-bond donors (Lipinski definition) is 0. The lowest BCUT2D eigenvalue weighted by Crippen LogP contribution is -2.28. The molecule has 1 heterocycles. The highest BCUT2D eigenvalue weighted by atomic mass is 19.1. The van der Waals surface area contributed by atoms with E-state index < -0.39 is 5.41 Å². The molecule has 0 bridgehead atoms. The molecule has 0 spiro atoms. The molecule has 0 fully saturated rings. The molecule has 0 radical (unpaired) electrons. The fourth-order valence-corrected chi connectivity index (χ4v) is 9.95. The number of aromatic nitrogens is 1. The van der Waals surface area contributed by atoms with Crippen LogP contribution in [0, 0.1) is 5.82 Å². The second kappa shape index (κ2) is 14.6. The van der Waals surface area contributed by atoms with Gasteiger partial charge in [-0.05, 0) is 134 Å². The van der Waals surface area contributed by atoms with E-state index in [1.165, 1.54) is 67.4 Å². The van der Waals surface area contributed by atoms with Crippen molar-refractivity contribution in [3.8, 4) is 27.9 Å². The molecule has 0 aliphatic heterocycles. The molecule has 9 aromatic carbocycles. The Labute approximate surface area is 362 Å². The van der Waals surface area contributed by atoms with Crippen LogP contribution in [0.15, 0.2) is 218 Å². The van der Waals surface area contributed by atoms with E-state index in [9.17, 15) is 4.39 Å². The monoisotopic (exact) mass is 800 g/mol. The van der Waals surface area contributed by atoms with Gasteiger partial charge in [0.15, 0.2) is 0 Å². The molecule has 0 unspecified atom stereocenters. The maximum Gasteiger partial charge on any atom is 0.123 e. The maximum atomic E-state index is 14.1. The van der Waals surface area contributed by atoms with Gasteiger partial charge in [-0.25, -0.2) is 4.39 Å². The van der Waals surface area contributed by atoms with E-state index in [4.69, 9.17) is 0 Å². The zero-order valence-electron chi connectivity index (χ0n) is 35.1. The molecule has 0 amide bonds. The van der Waals surface area contributed by atoms with Gasteiger partial charge < -0.3 is 9.47 Å². The minimum Gasteiger partial charge on any atom is -0.311 e. The average Bonchev–Trinajstić information content (AvgIpc) is 3.80. The van der Waals surface area contributed by atoms with Gasteiger partial charge in [-0.2, -0.15) is 0 Å². The summed E-state index contributed by atoms with van der Waals surface area (Å²) in [5.74, 6) is -0.252. The summed E-state index contributed by atoms with van der Waals surface area (Å²) in [5.41, 5.74) is 17.1. The predicted octanol–water partition coefficient (Wildman–Crippen LogP) is 15.7. The van der Waals surface area contributed by atoms with Crippen molar-refractivity contribution < 1.29 is 4.39 Å². The van der Waals surface area contributed by atoms with Gasteiger partial charge in [0.25, 0.3) is 0 Å². The molecule has 1 aliphatic rings. The fourth-order valence-electron chi connectivity index (χ4n) is 9.95. The van der Waals surface area contributed by atoms with Gasteiger partial charge in [0.05, 0.1) is 16.4 Å². The van der Waals surface area contributed by atoms with Crippen molar-refractivity contribution in [1.82, 2.24) is 4.57 Å². The molecule has 10 aromatic rings. The van der Waals surface area contributed by atoms with Crippen molar-refractivity contribution in [2.24, 2.45) is 0 Å². The van der Waals surface area contributed by atoms with Crippen LogP contribution in [-0.4, -0.2) is 4.57 Å². The first-order valence-corrected chi connectivity index (χ1v) is 21.4. The van der Waals surface area contributed by atoms with Crippen LogP contribution in [0.2, 0.25) is 0 Å². The number of fused-ring (bicyclic) bond motifs is 6. The largest absolute Gasteiger partial charge is 0.311 e. The molecule has 1 aromatic heterocycles. The Bertz CT molecular complexity index is 3210. The van der Waals surface area contributed by atoms with E-state index in [0.29, 0.717) is 0 Å². The number of halogens is 1. The Morgan fingerprint density at radius 1 is 0.435 bits per heavy atom. The van der Waals surface area contributed by atoms with Crippen molar-refractivity contribution >= 4 is 38.9 Å². The molecule has 1 aliphatic carbocycles. The van der Waals surface area contributed by atoms with Crippen molar-refractivity contribution in [1.29, 1.82) is 0 Å². The SMILES string of the molecule is CC(C)(C)c1ccc(N(c2ccc(F)cc2)c2ccc(-c3ccc4c(c3)c3ccccc3n4-c3ccc4c(c3)C(c3ccccc3)(c3ccccc3)c3ccccc3-4)cc2)cc1. The van der Waals surface area contributed by atoms with Crippen LogP contribution in [0.25, 0.3) is 49.7 Å². The Morgan fingerprint density at radius 2 is 0.968 bits per heavy atom. The molecule has 2 nitrogen and oxygen atoms in total. The molecule has 298 valence electrons. The smallest absolute Gasteiger partial charge is 0.123 e. The summed E-state index contributed by atoms with van der Waals surface area (Å²) >= 11 is 0. The maximum absolute atomic E-state index is 14.1. The number of hydrogen-bond acceptors (Lipinski definition) is 1. The van der Waals surface area contributed by atoms with E-state index in [-0.39, 0.29) is 11.2 Å². The molecule has 0 saturated carbocycles. The highest BCUT2D eigenvalue weighted by molar-refractivity contribution is 6.10. The van der Waals surface area contributed by atoms with E-state index in [1.807, 2.05) is 12.1 Å². The lowest BCUT2D eigenvalue weighted by atomic mass is 9.67. The Balaban J connectivity index is 1.03. The first-order chi connectivity index (χ1) is 30.3. The minimum atomic E-state index is -0.481. The quantitative estimate of drug-likeness (QED) is 0.156. The fraction of sp³-hybridized carbons (Fsp3) is 0.0847. The molecular formula is C59H45FN2. The number of nitrogens with zero attached hydrogens (tertiary/aromatic N) is 2. The summed E-state index contributed by atoms with van der Waals surface area (Å²) < 4.78 is 16.6. The summed E-state index contributed by atoms with van der Waals surface area (Å²) in [6.07, 6.45) is 0. The zero-order chi connectivity index (χ0) is 42.0. The van der Waals surface area contributed by atoms with Crippen LogP contribution in [0.5, 0.6) is 0 Å². The summed E-state index contributed by atoms with van der Waals surface area (Å²) in [7, 11) is 0. The standard InChI is InChI=1S/C59H45FN2/c1-58(2,3)42-25-31-47(32-26-42)61(48-33-27-45(60)28-34-48)46-29-22-40(23-30-46)41-24-37-57-53(38-41)52-19-11-13-21-56(52)62(57)49-35-36-51-50-18-10-12-20-54(50)59(55(51)39-49,43-14-6-4-7-15-43)44-16-8-5-9-17-44/h4-39H,1-3H3. The third kappa shape index (κ3) is 5.99. The van der Waals surface area contributed by atoms with Crippen molar-refractivity contribution in [3.05, 3.63) is 252 Å². The molecule has 62 heavy (non-hydrogen) atoms. The zero-order valence-corrected chi connectivity index (χ0v) is 35.1. The van der Waals surface area contributed by atoms with Crippen LogP contribution in [0.3, 0.4) is 0 Å². The normalized spacial score (nSPS) is 13.0. The Kier molecular flexibility index (Phi) is 8.83. The van der Waals surface area contributed by atoms with E-state index in [1.54, 1.807) is 0 Å². The van der Waals surface area contributed by atoms with Gasteiger partial charge in [0.1, 0.15) is 5.82 Å². The minimum absolute atomic E-state index is 0.0403. The molecule has 3 heteroatoms. The third-order valence-electron chi connectivity index (χ3n) is 12.9. The van der Waals surface area contributed by atoms with Crippen molar-refractivity contribution in [3.63, 3.8) is 0 Å². The summed E-state index contributed by atoms with van der Waals surface area (Å²) in [4.78, 5) is 2.19. The second-order valence-electron chi connectivity index (χ2n) is 17.5. The number of anilines is 3. The lowest BCUT2D eigenvalue weighted by molar-refractivity contribution is 0.590. The number of benzene rings is 9. The van der Waals surface area contributed by atoms with Crippen LogP contribution in [0.1, 0.15) is 48.6 Å². The molecule has 0 N–H and O–H groups in total. The number of rotatable bonds is 7. The van der Waals surface area contributed by atoms with Crippen molar-refractivity contribution in [2.45, 2.75) is 31.6 Å². The Hall–Kier alpha value is -7.49. The lowest BCUT2D eigenvalue weighted by Gasteiger charge is -2.34. The number of para-hydroxylation sites is 1. The first kappa shape index (κ1) is 37.5. The molecule has 11 rings (SSSR count). The third-order valence-corrected chi connectivity index (χ3v) is 12.9. The van der Waals surface area contributed by atoms with Gasteiger partial charge in [0.2, 0.25) is 0 Å². The van der Waals surface area contributed by atoms with Crippen molar-refractivity contribution in [2.75, 3.05) is 4.90 Å². The topological polar surface area (TPSA) is 8.17 Å². The Morgan fingerprint density at radius 3 is 1.63 bits per heavy atom. The van der Waals surface area contributed by atoms with E-state index in [2.05, 4.69) is 224 Å². The highest BCUT2D eigenvalue weighted by Gasteiger charge is 2.46. The van der Waals surface area contributed by atoms with Gasteiger partial charge in [-0.15, -0.1) is 0 Å². The first-order valence-electron chi connectivity index (χ1n) is 21.4. The van der Waals surface area contributed by atoms with E-state index >= 15 is 0 Å². The van der Waals surface area contributed by atoms with Gasteiger partial charge in [-0.3, -0.25) is 0 Å². The van der Waals surface area contributed by atoms with Gasteiger partial charge >= 0.3 is 0 Å². The van der Waals surface area contributed by atoms with Crippen LogP contribution < -0.4 is 4.90 Å². The summed E-state index contributed by atoms with van der Waals surface area (Å²) in [5, 5.41) is 2.42. The van der Waals surface area contributed by atoms with Crippen LogP contribution >= 0.6 is 0 Å². The van der Waals surface area contributed by atoms with Gasteiger partial charge in [-0.1, -0.05) is 160 Å².